The predicted molar refractivity (Wildman–Crippen MR) is 119 cm³/mol. The summed E-state index contributed by atoms with van der Waals surface area (Å²) in [5, 5.41) is 2.41. The average Bonchev–Trinajstić information content (AvgIpc) is 3.07. The van der Waals surface area contributed by atoms with E-state index in [0.29, 0.717) is 5.56 Å². The van der Waals surface area contributed by atoms with Gasteiger partial charge < -0.3 is 4.57 Å². The van der Waals surface area contributed by atoms with Gasteiger partial charge >= 0.3 is 0 Å². The summed E-state index contributed by atoms with van der Waals surface area (Å²) in [5.74, 6) is 0. The van der Waals surface area contributed by atoms with Gasteiger partial charge in [0, 0.05) is 26.5 Å². The van der Waals surface area contributed by atoms with Gasteiger partial charge in [-0.2, -0.15) is 0 Å². The van der Waals surface area contributed by atoms with E-state index in [0.717, 1.165) is 27.6 Å². The largest absolute Gasteiger partial charge is 0.309 e. The third-order valence-electron chi connectivity index (χ3n) is 5.12. The Bertz CT molecular complexity index is 1320. The molecule has 2 nitrogen and oxygen atoms in total. The topological polar surface area (TPSA) is 22.0 Å². The van der Waals surface area contributed by atoms with Crippen molar-refractivity contribution < 1.29 is 4.79 Å². The predicted octanol–water partition coefficient (Wildman–Crippen LogP) is 7.03. The molecule has 0 fully saturated rings. The van der Waals surface area contributed by atoms with E-state index >= 15 is 0 Å². The summed E-state index contributed by atoms with van der Waals surface area (Å²) in [6, 6.07) is 31.1. The van der Waals surface area contributed by atoms with Crippen LogP contribution in [0.1, 0.15) is 10.4 Å². The summed E-state index contributed by atoms with van der Waals surface area (Å²) < 4.78 is 3.36. The molecule has 1 aromatic heterocycles. The first kappa shape index (κ1) is 17.0. The van der Waals surface area contributed by atoms with Crippen LogP contribution in [0.4, 0.5) is 0 Å². The Hall–Kier alpha value is -3.17. The molecule has 0 bridgehead atoms. The molecule has 1 heterocycles. The Balaban J connectivity index is 1.80. The molecular weight excluding hydrogens is 410 g/mol. The fourth-order valence-corrected chi connectivity index (χ4v) is 4.15. The Kier molecular flexibility index (Phi) is 4.10. The second-order valence-corrected chi connectivity index (χ2v) is 7.72. The molecule has 0 radical (unpaired) electrons. The van der Waals surface area contributed by atoms with Crippen LogP contribution in [0, 0.1) is 0 Å². The quantitative estimate of drug-likeness (QED) is 0.284. The van der Waals surface area contributed by atoms with E-state index < -0.39 is 0 Å². The van der Waals surface area contributed by atoms with Crippen molar-refractivity contribution in [2.75, 3.05) is 0 Å². The van der Waals surface area contributed by atoms with E-state index in [1.54, 1.807) is 0 Å². The van der Waals surface area contributed by atoms with Crippen molar-refractivity contribution in [3.63, 3.8) is 0 Å². The SMILES string of the molecule is O=Cc1ccc(-c2ccc3c(c2)c2cc(Br)ccc2n3-c2ccccc2)cc1. The molecule has 0 amide bonds. The number of halogens is 1. The third kappa shape index (κ3) is 2.76. The minimum Gasteiger partial charge on any atom is -0.309 e. The molecule has 0 aliphatic rings. The molecule has 3 heteroatoms. The van der Waals surface area contributed by atoms with Gasteiger partial charge in [0.15, 0.2) is 0 Å². The number of para-hydroxylation sites is 1. The van der Waals surface area contributed by atoms with Gasteiger partial charge in [-0.05, 0) is 53.6 Å². The first-order valence-electron chi connectivity index (χ1n) is 9.09. The molecule has 0 saturated carbocycles. The zero-order chi connectivity index (χ0) is 19.1. The molecule has 0 N–H and O–H groups in total. The summed E-state index contributed by atoms with van der Waals surface area (Å²) in [7, 11) is 0. The molecule has 5 aromatic rings. The lowest BCUT2D eigenvalue weighted by Crippen LogP contribution is -1.92. The molecule has 28 heavy (non-hydrogen) atoms. The summed E-state index contributed by atoms with van der Waals surface area (Å²) in [4.78, 5) is 10.9. The van der Waals surface area contributed by atoms with Crippen molar-refractivity contribution in [2.45, 2.75) is 0 Å². The lowest BCUT2D eigenvalue weighted by Gasteiger charge is -2.08. The van der Waals surface area contributed by atoms with Gasteiger partial charge in [0.1, 0.15) is 6.29 Å². The van der Waals surface area contributed by atoms with E-state index in [1.165, 1.54) is 21.8 Å². The molecule has 134 valence electrons. The van der Waals surface area contributed by atoms with Gasteiger partial charge in [0.05, 0.1) is 11.0 Å². The van der Waals surface area contributed by atoms with Crippen molar-refractivity contribution in [3.05, 3.63) is 101 Å². The van der Waals surface area contributed by atoms with Gasteiger partial charge in [0.2, 0.25) is 0 Å². The molecule has 5 rings (SSSR count). The van der Waals surface area contributed by atoms with E-state index in [9.17, 15) is 4.79 Å². The molecule has 0 spiro atoms. The molecule has 0 aliphatic carbocycles. The first-order valence-corrected chi connectivity index (χ1v) is 9.89. The van der Waals surface area contributed by atoms with Crippen LogP contribution < -0.4 is 0 Å². The molecule has 0 aliphatic heterocycles. The number of benzene rings is 4. The van der Waals surface area contributed by atoms with Crippen LogP contribution in [-0.4, -0.2) is 10.9 Å². The maximum Gasteiger partial charge on any atom is 0.150 e. The fourth-order valence-electron chi connectivity index (χ4n) is 3.78. The summed E-state index contributed by atoms with van der Waals surface area (Å²) in [6.45, 7) is 0. The minimum atomic E-state index is 0.689. The normalized spacial score (nSPS) is 11.2. The Morgan fingerprint density at radius 1 is 0.679 bits per heavy atom. The number of rotatable bonds is 3. The van der Waals surface area contributed by atoms with Gasteiger partial charge in [-0.3, -0.25) is 4.79 Å². The van der Waals surface area contributed by atoms with Gasteiger partial charge in [-0.15, -0.1) is 0 Å². The first-order chi connectivity index (χ1) is 13.7. The molecule has 0 saturated heterocycles. The smallest absolute Gasteiger partial charge is 0.150 e. The summed E-state index contributed by atoms with van der Waals surface area (Å²) >= 11 is 3.62. The van der Waals surface area contributed by atoms with Crippen LogP contribution in [0.15, 0.2) is 95.5 Å². The van der Waals surface area contributed by atoms with Crippen LogP contribution in [0.5, 0.6) is 0 Å². The van der Waals surface area contributed by atoms with E-state index in [2.05, 4.69) is 81.2 Å². The van der Waals surface area contributed by atoms with Gasteiger partial charge in [-0.1, -0.05) is 64.5 Å². The van der Waals surface area contributed by atoms with Crippen molar-refractivity contribution in [3.8, 4) is 16.8 Å². The summed E-state index contributed by atoms with van der Waals surface area (Å²) in [5.41, 5.74) is 6.42. The van der Waals surface area contributed by atoms with Crippen LogP contribution in [0.2, 0.25) is 0 Å². The maximum absolute atomic E-state index is 10.9. The van der Waals surface area contributed by atoms with Crippen LogP contribution in [-0.2, 0) is 0 Å². The lowest BCUT2D eigenvalue weighted by molar-refractivity contribution is 0.112. The zero-order valence-electron chi connectivity index (χ0n) is 15.0. The number of hydrogen-bond donors (Lipinski definition) is 0. The second kappa shape index (κ2) is 6.77. The van der Waals surface area contributed by atoms with E-state index in [1.807, 2.05) is 30.3 Å². The van der Waals surface area contributed by atoms with Crippen molar-refractivity contribution in [1.29, 1.82) is 0 Å². The highest BCUT2D eigenvalue weighted by atomic mass is 79.9. The van der Waals surface area contributed by atoms with Crippen LogP contribution >= 0.6 is 15.9 Å². The number of carbonyl (C=O) groups is 1. The molecule has 4 aromatic carbocycles. The number of nitrogens with zero attached hydrogens (tertiary/aromatic N) is 1. The highest BCUT2D eigenvalue weighted by Crippen LogP contribution is 2.36. The maximum atomic E-state index is 10.9. The van der Waals surface area contributed by atoms with Crippen LogP contribution in [0.25, 0.3) is 38.6 Å². The number of aromatic nitrogens is 1. The zero-order valence-corrected chi connectivity index (χ0v) is 16.6. The van der Waals surface area contributed by atoms with Crippen molar-refractivity contribution in [2.24, 2.45) is 0 Å². The number of fused-ring (bicyclic) bond motifs is 3. The Labute approximate surface area is 171 Å². The number of hydrogen-bond acceptors (Lipinski definition) is 1. The van der Waals surface area contributed by atoms with Gasteiger partial charge in [-0.25, -0.2) is 0 Å². The van der Waals surface area contributed by atoms with Crippen LogP contribution in [0.3, 0.4) is 0 Å². The van der Waals surface area contributed by atoms with Gasteiger partial charge in [0.25, 0.3) is 0 Å². The number of carbonyl (C=O) groups excluding carboxylic acids is 1. The average molecular weight is 426 g/mol. The lowest BCUT2D eigenvalue weighted by atomic mass is 10.0. The monoisotopic (exact) mass is 425 g/mol. The standard InChI is InChI=1S/C25H16BrNO/c26-20-11-13-25-23(15-20)22-14-19(18-8-6-17(16-28)7-9-18)10-12-24(22)27(25)21-4-2-1-3-5-21/h1-16H. The highest BCUT2D eigenvalue weighted by molar-refractivity contribution is 9.10. The summed E-state index contributed by atoms with van der Waals surface area (Å²) in [6.07, 6.45) is 0.873. The molecule has 0 unspecified atom stereocenters. The Morgan fingerprint density at radius 2 is 1.32 bits per heavy atom. The second-order valence-electron chi connectivity index (χ2n) is 6.80. The minimum absolute atomic E-state index is 0.689. The highest BCUT2D eigenvalue weighted by Gasteiger charge is 2.13. The molecular formula is C25H16BrNO. The van der Waals surface area contributed by atoms with E-state index in [4.69, 9.17) is 0 Å². The fraction of sp³-hybridized carbons (Fsp3) is 0. The molecule has 0 atom stereocenters. The van der Waals surface area contributed by atoms with E-state index in [-0.39, 0.29) is 0 Å². The van der Waals surface area contributed by atoms with Crippen molar-refractivity contribution in [1.82, 2.24) is 4.57 Å². The Morgan fingerprint density at radius 3 is 2.04 bits per heavy atom. The van der Waals surface area contributed by atoms with Crippen molar-refractivity contribution >= 4 is 44.0 Å². The number of aldehydes is 1. The third-order valence-corrected chi connectivity index (χ3v) is 5.61.